The number of rotatable bonds is 3. The van der Waals surface area contributed by atoms with Crippen LogP contribution in [0.3, 0.4) is 0 Å². The van der Waals surface area contributed by atoms with E-state index in [1.54, 1.807) is 0 Å². The molecule has 6 heteroatoms. The molecule has 1 amide bonds. The molecule has 4 nitrogen and oxygen atoms in total. The lowest BCUT2D eigenvalue weighted by Gasteiger charge is -2.09. The van der Waals surface area contributed by atoms with Gasteiger partial charge in [-0.25, -0.2) is 4.39 Å². The van der Waals surface area contributed by atoms with Crippen LogP contribution in [0.1, 0.15) is 15.9 Å². The lowest BCUT2D eigenvalue weighted by Crippen LogP contribution is -2.13. The van der Waals surface area contributed by atoms with Crippen molar-refractivity contribution in [3.63, 3.8) is 0 Å². The van der Waals surface area contributed by atoms with Gasteiger partial charge in [-0.2, -0.15) is 0 Å². The molecule has 0 aliphatic heterocycles. The average molecular weight is 295 g/mol. The summed E-state index contributed by atoms with van der Waals surface area (Å²) in [6.45, 7) is 0.0302. The van der Waals surface area contributed by atoms with E-state index in [2.05, 4.69) is 5.32 Å². The number of hydrogen-bond acceptors (Lipinski definition) is 3. The Morgan fingerprint density at radius 1 is 1.30 bits per heavy atom. The van der Waals surface area contributed by atoms with Gasteiger partial charge in [0.2, 0.25) is 0 Å². The lowest BCUT2D eigenvalue weighted by molar-refractivity contribution is 0.102. The molecule has 0 saturated heterocycles. The van der Waals surface area contributed by atoms with Gasteiger partial charge in [0.25, 0.3) is 5.91 Å². The van der Waals surface area contributed by atoms with E-state index in [9.17, 15) is 14.3 Å². The quantitative estimate of drug-likeness (QED) is 0.815. The highest BCUT2D eigenvalue weighted by molar-refractivity contribution is 6.34. The van der Waals surface area contributed by atoms with Crippen molar-refractivity contribution in [2.45, 2.75) is 6.54 Å². The van der Waals surface area contributed by atoms with Crippen molar-refractivity contribution in [1.82, 2.24) is 0 Å². The second-order valence-corrected chi connectivity index (χ2v) is 4.54. The molecule has 0 unspecified atom stereocenters. The van der Waals surface area contributed by atoms with Gasteiger partial charge in [-0.05, 0) is 36.4 Å². The number of carbonyl (C=O) groups is 1. The van der Waals surface area contributed by atoms with Gasteiger partial charge in [0.15, 0.2) is 0 Å². The first-order valence-electron chi connectivity index (χ1n) is 5.79. The Kier molecular flexibility index (Phi) is 4.22. The van der Waals surface area contributed by atoms with Gasteiger partial charge in [0.1, 0.15) is 11.6 Å². The number of phenolic OH excluding ortho intramolecular Hbond substituents is 1. The van der Waals surface area contributed by atoms with E-state index in [1.807, 2.05) is 0 Å². The number of nitrogens with one attached hydrogen (secondary N) is 1. The van der Waals surface area contributed by atoms with Crippen molar-refractivity contribution in [3.05, 3.63) is 58.4 Å². The van der Waals surface area contributed by atoms with Gasteiger partial charge < -0.3 is 16.2 Å². The maximum Gasteiger partial charge on any atom is 0.257 e. The van der Waals surface area contributed by atoms with Crippen LogP contribution in [0.15, 0.2) is 36.4 Å². The molecule has 2 aromatic carbocycles. The Hall–Kier alpha value is -2.11. The van der Waals surface area contributed by atoms with Crippen molar-refractivity contribution in [2.24, 2.45) is 5.73 Å². The van der Waals surface area contributed by atoms with Crippen LogP contribution in [0.5, 0.6) is 5.75 Å². The van der Waals surface area contributed by atoms with Crippen LogP contribution in [0.25, 0.3) is 0 Å². The molecule has 0 saturated carbocycles. The predicted molar refractivity (Wildman–Crippen MR) is 75.4 cm³/mol. The van der Waals surface area contributed by atoms with Crippen LogP contribution >= 0.6 is 11.6 Å². The molecule has 0 aromatic heterocycles. The first-order chi connectivity index (χ1) is 9.51. The zero-order valence-corrected chi connectivity index (χ0v) is 11.1. The third-order valence-electron chi connectivity index (χ3n) is 2.72. The van der Waals surface area contributed by atoms with Gasteiger partial charge in [0.05, 0.1) is 10.6 Å². The van der Waals surface area contributed by atoms with Crippen LogP contribution in [-0.2, 0) is 6.54 Å². The Bertz CT molecular complexity index is 662. The van der Waals surface area contributed by atoms with Crippen molar-refractivity contribution in [2.75, 3.05) is 5.32 Å². The Morgan fingerprint density at radius 2 is 2.05 bits per heavy atom. The summed E-state index contributed by atoms with van der Waals surface area (Å²) in [4.78, 5) is 12.0. The van der Waals surface area contributed by atoms with E-state index in [0.29, 0.717) is 11.3 Å². The molecule has 0 aliphatic carbocycles. The fraction of sp³-hybridized carbons (Fsp3) is 0.0714. The normalized spacial score (nSPS) is 10.3. The van der Waals surface area contributed by atoms with Crippen molar-refractivity contribution in [3.8, 4) is 5.75 Å². The van der Waals surface area contributed by atoms with Gasteiger partial charge in [0, 0.05) is 17.8 Å². The number of anilines is 1. The third-order valence-corrected chi connectivity index (χ3v) is 3.05. The Balaban J connectivity index is 2.25. The number of phenols is 1. The van der Waals surface area contributed by atoms with Crippen LogP contribution in [0, 0.1) is 5.82 Å². The van der Waals surface area contributed by atoms with Gasteiger partial charge in [-0.15, -0.1) is 0 Å². The Labute approximate surface area is 120 Å². The zero-order valence-electron chi connectivity index (χ0n) is 10.4. The van der Waals surface area contributed by atoms with Gasteiger partial charge in [-0.3, -0.25) is 4.79 Å². The minimum absolute atomic E-state index is 0.0302. The van der Waals surface area contributed by atoms with E-state index >= 15 is 0 Å². The van der Waals surface area contributed by atoms with Gasteiger partial charge >= 0.3 is 0 Å². The molecule has 0 aliphatic rings. The predicted octanol–water partition coefficient (Wildman–Crippen LogP) is 2.90. The maximum atomic E-state index is 13.3. The molecule has 20 heavy (non-hydrogen) atoms. The van der Waals surface area contributed by atoms with Gasteiger partial charge in [-0.1, -0.05) is 11.6 Å². The molecule has 0 heterocycles. The summed E-state index contributed by atoms with van der Waals surface area (Å²) in [7, 11) is 0. The average Bonchev–Trinajstić information content (AvgIpc) is 2.43. The summed E-state index contributed by atoms with van der Waals surface area (Å²) in [6.07, 6.45) is 0. The highest BCUT2D eigenvalue weighted by atomic mass is 35.5. The Morgan fingerprint density at radius 3 is 2.75 bits per heavy atom. The van der Waals surface area contributed by atoms with Crippen LogP contribution < -0.4 is 11.1 Å². The topological polar surface area (TPSA) is 75.3 Å². The standard InChI is InChI=1S/C14H12ClFN2O2/c15-12-3-2-10(19)6-11(12)14(20)18-9-1-4-13(16)8(5-9)7-17/h1-6,19H,7,17H2,(H,18,20). The maximum absolute atomic E-state index is 13.3. The minimum Gasteiger partial charge on any atom is -0.508 e. The van der Waals surface area contributed by atoms with Crippen molar-refractivity contribution in [1.29, 1.82) is 0 Å². The number of hydrogen-bond donors (Lipinski definition) is 3. The van der Waals surface area contributed by atoms with E-state index < -0.39 is 11.7 Å². The molecule has 4 N–H and O–H groups in total. The lowest BCUT2D eigenvalue weighted by atomic mass is 10.1. The summed E-state index contributed by atoms with van der Waals surface area (Å²) < 4.78 is 13.3. The summed E-state index contributed by atoms with van der Waals surface area (Å²) in [6, 6.07) is 8.14. The van der Waals surface area contributed by atoms with Crippen LogP contribution in [-0.4, -0.2) is 11.0 Å². The third kappa shape index (κ3) is 3.07. The largest absolute Gasteiger partial charge is 0.508 e. The highest BCUT2D eigenvalue weighted by Gasteiger charge is 2.12. The highest BCUT2D eigenvalue weighted by Crippen LogP contribution is 2.23. The SMILES string of the molecule is NCc1cc(NC(=O)c2cc(O)ccc2Cl)ccc1F. The molecule has 0 atom stereocenters. The summed E-state index contributed by atoms with van der Waals surface area (Å²) >= 11 is 5.89. The molecule has 2 aromatic rings. The summed E-state index contributed by atoms with van der Waals surface area (Å²) in [5.41, 5.74) is 6.22. The number of amides is 1. The van der Waals surface area contributed by atoms with Crippen LogP contribution in [0.4, 0.5) is 10.1 Å². The fourth-order valence-electron chi connectivity index (χ4n) is 1.69. The molecule has 2 rings (SSSR count). The molecular weight excluding hydrogens is 283 g/mol. The number of aromatic hydroxyl groups is 1. The summed E-state index contributed by atoms with van der Waals surface area (Å²) in [5.74, 6) is -0.998. The van der Waals surface area contributed by atoms with E-state index in [4.69, 9.17) is 17.3 Å². The minimum atomic E-state index is -0.500. The van der Waals surface area contributed by atoms with E-state index in [-0.39, 0.29) is 22.9 Å². The molecule has 104 valence electrons. The second kappa shape index (κ2) is 5.90. The molecular formula is C14H12ClFN2O2. The number of halogens is 2. The molecule has 0 spiro atoms. The van der Waals surface area contributed by atoms with Crippen molar-refractivity contribution >= 4 is 23.2 Å². The fourth-order valence-corrected chi connectivity index (χ4v) is 1.90. The summed E-state index contributed by atoms with van der Waals surface area (Å²) in [5, 5.41) is 12.1. The first kappa shape index (κ1) is 14.3. The smallest absolute Gasteiger partial charge is 0.257 e. The first-order valence-corrected chi connectivity index (χ1v) is 6.17. The monoisotopic (exact) mass is 294 g/mol. The van der Waals surface area contributed by atoms with E-state index in [1.165, 1.54) is 36.4 Å². The second-order valence-electron chi connectivity index (χ2n) is 4.13. The number of carbonyl (C=O) groups excluding carboxylic acids is 1. The van der Waals surface area contributed by atoms with Crippen LogP contribution in [0.2, 0.25) is 5.02 Å². The van der Waals surface area contributed by atoms with Crippen molar-refractivity contribution < 1.29 is 14.3 Å². The number of benzene rings is 2. The molecule has 0 fully saturated rings. The molecule has 0 bridgehead atoms. The van der Waals surface area contributed by atoms with E-state index in [0.717, 1.165) is 0 Å². The number of nitrogens with two attached hydrogens (primary N) is 1. The molecule has 0 radical (unpaired) electrons. The zero-order chi connectivity index (χ0) is 14.7.